The Morgan fingerprint density at radius 3 is 2.63 bits per heavy atom. The van der Waals surface area contributed by atoms with E-state index in [1.165, 1.54) is 6.42 Å². The van der Waals surface area contributed by atoms with E-state index in [1.54, 1.807) is 24.5 Å². The van der Waals surface area contributed by atoms with Gasteiger partial charge in [-0.3, -0.25) is 14.8 Å². The summed E-state index contributed by atoms with van der Waals surface area (Å²) in [6.45, 7) is 0. The minimum atomic E-state index is -0.510. The van der Waals surface area contributed by atoms with Crippen LogP contribution in [0.4, 0.5) is 0 Å². The van der Waals surface area contributed by atoms with Crippen molar-refractivity contribution < 1.29 is 4.79 Å². The topological polar surface area (TPSA) is 54.9 Å². The number of nitrogens with one attached hydrogen (secondary N) is 1. The lowest BCUT2D eigenvalue weighted by molar-refractivity contribution is 0.0898. The van der Waals surface area contributed by atoms with Crippen molar-refractivity contribution >= 4 is 16.7 Å². The van der Waals surface area contributed by atoms with Crippen molar-refractivity contribution in [1.82, 2.24) is 15.3 Å². The molecule has 2 heterocycles. The number of hydrogen-bond acceptors (Lipinski definition) is 3. The van der Waals surface area contributed by atoms with Crippen LogP contribution in [0.2, 0.25) is 0 Å². The maximum atomic E-state index is 12.7. The number of carbonyl (C=O) groups excluding carboxylic acids is 1. The van der Waals surface area contributed by atoms with E-state index in [2.05, 4.69) is 33.2 Å². The largest absolute Gasteiger partial charge is 0.334 e. The number of benzene rings is 1. The molecule has 1 aliphatic rings. The number of amides is 1. The van der Waals surface area contributed by atoms with Gasteiger partial charge in [-0.05, 0) is 25.0 Å². The van der Waals surface area contributed by atoms with Gasteiger partial charge < -0.3 is 5.32 Å². The van der Waals surface area contributed by atoms with Crippen molar-refractivity contribution in [3.05, 3.63) is 72.3 Å². The summed E-state index contributed by atoms with van der Waals surface area (Å²) in [5, 5.41) is 5.33. The fourth-order valence-electron chi connectivity index (χ4n) is 3.62. The molecule has 0 bridgehead atoms. The molecule has 2 aromatic heterocycles. The Labute approximate surface area is 159 Å². The molecule has 0 radical (unpaired) electrons. The van der Waals surface area contributed by atoms with Gasteiger partial charge in [0.2, 0.25) is 0 Å². The summed E-state index contributed by atoms with van der Waals surface area (Å²) in [5.41, 5.74) is 0.810. The first-order chi connectivity index (χ1) is 13.3. The third-order valence-corrected chi connectivity index (χ3v) is 5.06. The normalized spacial score (nSPS) is 15.6. The Balaban J connectivity index is 1.67. The lowest BCUT2D eigenvalue weighted by Gasteiger charge is -2.33. The predicted octanol–water partition coefficient (Wildman–Crippen LogP) is 4.11. The van der Waals surface area contributed by atoms with Crippen LogP contribution in [0, 0.1) is 11.8 Å². The number of fused-ring (bicyclic) bond motifs is 1. The lowest BCUT2D eigenvalue weighted by atomic mass is 9.81. The van der Waals surface area contributed by atoms with Crippen LogP contribution < -0.4 is 5.32 Å². The SMILES string of the molecule is O=C(NC1(C#Cc2cncc3ccccc23)CCCCC1)c1ccccn1. The first-order valence-corrected chi connectivity index (χ1v) is 9.35. The standard InChI is InChI=1S/C23H21N3O/c27-22(21-10-4-7-15-25-21)26-23(12-5-1-6-13-23)14-11-19-17-24-16-18-8-2-3-9-20(18)19/h2-4,7-10,15-17H,1,5-6,12-13H2,(H,26,27). The molecule has 1 aromatic carbocycles. The van der Waals surface area contributed by atoms with Gasteiger partial charge in [-0.1, -0.05) is 61.4 Å². The number of carbonyl (C=O) groups is 1. The monoisotopic (exact) mass is 355 g/mol. The van der Waals surface area contributed by atoms with Gasteiger partial charge in [-0.2, -0.15) is 0 Å². The Kier molecular flexibility index (Phi) is 4.84. The molecule has 1 aliphatic carbocycles. The van der Waals surface area contributed by atoms with E-state index in [-0.39, 0.29) is 5.91 Å². The van der Waals surface area contributed by atoms with Gasteiger partial charge in [0.05, 0.1) is 5.56 Å². The molecule has 1 saturated carbocycles. The summed E-state index contributed by atoms with van der Waals surface area (Å²) in [6.07, 6.45) is 10.3. The van der Waals surface area contributed by atoms with Crippen molar-refractivity contribution in [2.45, 2.75) is 37.6 Å². The van der Waals surface area contributed by atoms with Crippen LogP contribution in [-0.2, 0) is 0 Å². The molecular formula is C23H21N3O. The molecule has 1 N–H and O–H groups in total. The molecule has 134 valence electrons. The number of rotatable bonds is 2. The van der Waals surface area contributed by atoms with Crippen molar-refractivity contribution in [1.29, 1.82) is 0 Å². The number of pyridine rings is 2. The minimum absolute atomic E-state index is 0.164. The van der Waals surface area contributed by atoms with Gasteiger partial charge in [0.1, 0.15) is 11.2 Å². The first kappa shape index (κ1) is 17.2. The molecule has 0 spiro atoms. The molecule has 27 heavy (non-hydrogen) atoms. The number of nitrogens with zero attached hydrogens (tertiary/aromatic N) is 2. The first-order valence-electron chi connectivity index (χ1n) is 9.35. The van der Waals surface area contributed by atoms with Crippen LogP contribution in [-0.4, -0.2) is 21.4 Å². The van der Waals surface area contributed by atoms with Gasteiger partial charge >= 0.3 is 0 Å². The molecule has 3 aromatic rings. The van der Waals surface area contributed by atoms with E-state index in [0.29, 0.717) is 5.69 Å². The van der Waals surface area contributed by atoms with E-state index in [1.807, 2.05) is 30.5 Å². The average molecular weight is 355 g/mol. The number of hydrogen-bond donors (Lipinski definition) is 1. The van der Waals surface area contributed by atoms with Gasteiger partial charge in [0.15, 0.2) is 0 Å². The highest BCUT2D eigenvalue weighted by molar-refractivity contribution is 5.93. The van der Waals surface area contributed by atoms with Crippen LogP contribution in [0.3, 0.4) is 0 Å². The fourth-order valence-corrected chi connectivity index (χ4v) is 3.62. The smallest absolute Gasteiger partial charge is 0.271 e. The number of aromatic nitrogens is 2. The Bertz CT molecular complexity index is 1010. The second-order valence-corrected chi connectivity index (χ2v) is 6.97. The summed E-state index contributed by atoms with van der Waals surface area (Å²) in [5.74, 6) is 6.54. The van der Waals surface area contributed by atoms with E-state index in [0.717, 1.165) is 42.0 Å². The second-order valence-electron chi connectivity index (χ2n) is 6.97. The molecule has 0 unspecified atom stereocenters. The Morgan fingerprint density at radius 1 is 1.00 bits per heavy atom. The summed E-state index contributed by atoms with van der Waals surface area (Å²) in [7, 11) is 0. The third kappa shape index (κ3) is 3.83. The summed E-state index contributed by atoms with van der Waals surface area (Å²) in [4.78, 5) is 21.2. The Hall–Kier alpha value is -3.19. The maximum Gasteiger partial charge on any atom is 0.271 e. The van der Waals surface area contributed by atoms with Crippen molar-refractivity contribution in [3.63, 3.8) is 0 Å². The minimum Gasteiger partial charge on any atom is -0.334 e. The van der Waals surface area contributed by atoms with Crippen LogP contribution >= 0.6 is 0 Å². The zero-order valence-corrected chi connectivity index (χ0v) is 15.1. The van der Waals surface area contributed by atoms with Crippen LogP contribution in [0.25, 0.3) is 10.8 Å². The maximum absolute atomic E-state index is 12.7. The highest BCUT2D eigenvalue weighted by atomic mass is 16.2. The average Bonchev–Trinajstić information content (AvgIpc) is 2.73. The molecule has 0 atom stereocenters. The second kappa shape index (κ2) is 7.59. The zero-order valence-electron chi connectivity index (χ0n) is 15.1. The molecular weight excluding hydrogens is 334 g/mol. The summed E-state index contributed by atoms with van der Waals surface area (Å²) < 4.78 is 0. The van der Waals surface area contributed by atoms with E-state index >= 15 is 0 Å². The molecule has 1 fully saturated rings. The van der Waals surface area contributed by atoms with Gasteiger partial charge in [-0.15, -0.1) is 0 Å². The van der Waals surface area contributed by atoms with E-state index in [9.17, 15) is 4.79 Å². The highest BCUT2D eigenvalue weighted by Crippen LogP contribution is 2.28. The zero-order chi connectivity index (χ0) is 18.5. The predicted molar refractivity (Wildman–Crippen MR) is 106 cm³/mol. The molecule has 0 saturated heterocycles. The third-order valence-electron chi connectivity index (χ3n) is 5.06. The summed E-state index contributed by atoms with van der Waals surface area (Å²) in [6, 6.07) is 13.5. The van der Waals surface area contributed by atoms with Crippen LogP contribution in [0.5, 0.6) is 0 Å². The Morgan fingerprint density at radius 2 is 1.81 bits per heavy atom. The van der Waals surface area contributed by atoms with Crippen LogP contribution in [0.1, 0.15) is 48.2 Å². The van der Waals surface area contributed by atoms with Crippen molar-refractivity contribution in [2.75, 3.05) is 0 Å². The molecule has 1 amide bonds. The fraction of sp³-hybridized carbons (Fsp3) is 0.261. The lowest BCUT2D eigenvalue weighted by Crippen LogP contribution is -2.49. The molecule has 4 nitrogen and oxygen atoms in total. The molecule has 4 rings (SSSR count). The summed E-state index contributed by atoms with van der Waals surface area (Å²) >= 11 is 0. The van der Waals surface area contributed by atoms with Gasteiger partial charge in [-0.25, -0.2) is 0 Å². The van der Waals surface area contributed by atoms with E-state index < -0.39 is 5.54 Å². The van der Waals surface area contributed by atoms with Gasteiger partial charge in [0.25, 0.3) is 5.91 Å². The quantitative estimate of drug-likeness (QED) is 0.704. The highest BCUT2D eigenvalue weighted by Gasteiger charge is 2.32. The van der Waals surface area contributed by atoms with E-state index in [4.69, 9.17) is 0 Å². The van der Waals surface area contributed by atoms with Crippen molar-refractivity contribution in [3.8, 4) is 11.8 Å². The molecule has 0 aliphatic heterocycles. The van der Waals surface area contributed by atoms with Crippen LogP contribution in [0.15, 0.2) is 61.1 Å². The molecule has 4 heteroatoms. The van der Waals surface area contributed by atoms with Crippen molar-refractivity contribution in [2.24, 2.45) is 0 Å². The van der Waals surface area contributed by atoms with Gasteiger partial charge in [0, 0.05) is 29.4 Å².